The van der Waals surface area contributed by atoms with Gasteiger partial charge in [-0.25, -0.2) is 14.4 Å². The number of nitrogens with zero attached hydrogens (tertiary/aromatic N) is 2. The molecule has 134 valence electrons. The second kappa shape index (κ2) is 6.88. The highest BCUT2D eigenvalue weighted by molar-refractivity contribution is 5.94. The van der Waals surface area contributed by atoms with E-state index in [-0.39, 0.29) is 32.2 Å². The molecule has 9 nitrogen and oxygen atoms in total. The van der Waals surface area contributed by atoms with E-state index >= 15 is 0 Å². The molecule has 1 aromatic rings. The van der Waals surface area contributed by atoms with Gasteiger partial charge >= 0.3 is 18.2 Å². The standard InChI is InChI=1S/C16H19N3O6/c20-14-13-7-11(2-1-10(13)9-25-14)17-4-3-12-8-18(15(21)22)5-6-19(12)16(23)24/h1-2,7,12,17H,3-6,8-9H2,(H,21,22)(H,23,24)/t12-/m1/s1. The minimum atomic E-state index is -1.05. The smallest absolute Gasteiger partial charge is 0.407 e. The fraction of sp³-hybridized carbons (Fsp3) is 0.438. The number of esters is 1. The van der Waals surface area contributed by atoms with Crippen molar-refractivity contribution in [1.29, 1.82) is 0 Å². The number of ether oxygens (including phenoxy) is 1. The lowest BCUT2D eigenvalue weighted by Gasteiger charge is -2.38. The largest absolute Gasteiger partial charge is 0.465 e. The number of amides is 2. The molecule has 0 aliphatic carbocycles. The first kappa shape index (κ1) is 16.9. The molecule has 9 heteroatoms. The molecule has 3 rings (SSSR count). The van der Waals surface area contributed by atoms with Gasteiger partial charge in [0.1, 0.15) is 6.61 Å². The number of carbonyl (C=O) groups excluding carboxylic acids is 1. The maximum absolute atomic E-state index is 11.6. The summed E-state index contributed by atoms with van der Waals surface area (Å²) < 4.78 is 4.95. The van der Waals surface area contributed by atoms with Crippen LogP contribution < -0.4 is 5.32 Å². The fourth-order valence-corrected chi connectivity index (χ4v) is 3.13. The van der Waals surface area contributed by atoms with Crippen molar-refractivity contribution in [3.8, 4) is 0 Å². The molecule has 25 heavy (non-hydrogen) atoms. The summed E-state index contributed by atoms with van der Waals surface area (Å²) in [5, 5.41) is 21.5. The van der Waals surface area contributed by atoms with Gasteiger partial charge in [-0.15, -0.1) is 0 Å². The number of anilines is 1. The molecule has 0 bridgehead atoms. The topological polar surface area (TPSA) is 119 Å². The van der Waals surface area contributed by atoms with Crippen molar-refractivity contribution in [2.75, 3.05) is 31.5 Å². The van der Waals surface area contributed by atoms with Gasteiger partial charge in [0.2, 0.25) is 0 Å². The second-order valence-corrected chi connectivity index (χ2v) is 6.02. The minimum Gasteiger partial charge on any atom is -0.465 e. The Balaban J connectivity index is 1.59. The molecule has 2 amide bonds. The number of nitrogens with one attached hydrogen (secondary N) is 1. The average Bonchev–Trinajstić information content (AvgIpc) is 2.95. The van der Waals surface area contributed by atoms with Crippen molar-refractivity contribution in [2.45, 2.75) is 19.1 Å². The minimum absolute atomic E-state index is 0.153. The first-order valence-electron chi connectivity index (χ1n) is 7.97. The maximum atomic E-state index is 11.6. The van der Waals surface area contributed by atoms with E-state index in [0.29, 0.717) is 18.5 Å². The summed E-state index contributed by atoms with van der Waals surface area (Å²) in [6, 6.07) is 4.96. The van der Waals surface area contributed by atoms with E-state index in [0.717, 1.165) is 11.3 Å². The van der Waals surface area contributed by atoms with Gasteiger partial charge < -0.3 is 30.1 Å². The third kappa shape index (κ3) is 3.59. The molecule has 1 saturated heterocycles. The van der Waals surface area contributed by atoms with Crippen molar-refractivity contribution in [3.05, 3.63) is 29.3 Å². The Labute approximate surface area is 143 Å². The monoisotopic (exact) mass is 349 g/mol. The lowest BCUT2D eigenvalue weighted by molar-refractivity contribution is 0.0535. The van der Waals surface area contributed by atoms with Crippen LogP contribution in [0.25, 0.3) is 0 Å². The van der Waals surface area contributed by atoms with E-state index in [1.54, 1.807) is 6.07 Å². The number of hydrogen-bond donors (Lipinski definition) is 3. The zero-order chi connectivity index (χ0) is 18.0. The number of carbonyl (C=O) groups is 3. The van der Waals surface area contributed by atoms with Crippen LogP contribution in [0, 0.1) is 0 Å². The number of cyclic esters (lactones) is 1. The Kier molecular flexibility index (Phi) is 4.64. The van der Waals surface area contributed by atoms with Crippen LogP contribution >= 0.6 is 0 Å². The van der Waals surface area contributed by atoms with Gasteiger partial charge in [0.25, 0.3) is 0 Å². The molecule has 0 saturated carbocycles. The SMILES string of the molecule is O=C1OCc2ccc(NCC[C@@H]3CN(C(=O)O)CCN3C(=O)O)cc21. The Morgan fingerprint density at radius 3 is 2.76 bits per heavy atom. The number of hydrogen-bond acceptors (Lipinski definition) is 5. The van der Waals surface area contributed by atoms with Crippen LogP contribution in [0.2, 0.25) is 0 Å². The highest BCUT2D eigenvalue weighted by Gasteiger charge is 2.32. The molecule has 3 N–H and O–H groups in total. The van der Waals surface area contributed by atoms with E-state index < -0.39 is 18.2 Å². The van der Waals surface area contributed by atoms with Crippen LogP contribution in [0.15, 0.2) is 18.2 Å². The number of piperazine rings is 1. The Hall–Kier alpha value is -2.97. The van der Waals surface area contributed by atoms with E-state index in [2.05, 4.69) is 5.32 Å². The number of carboxylic acid groups (broad SMARTS) is 2. The molecule has 1 fully saturated rings. The molecular formula is C16H19N3O6. The molecule has 0 spiro atoms. The van der Waals surface area contributed by atoms with Gasteiger partial charge in [-0.3, -0.25) is 0 Å². The van der Waals surface area contributed by atoms with Crippen LogP contribution in [0.5, 0.6) is 0 Å². The van der Waals surface area contributed by atoms with Crippen molar-refractivity contribution in [3.63, 3.8) is 0 Å². The molecule has 2 aliphatic heterocycles. The highest BCUT2D eigenvalue weighted by atomic mass is 16.5. The van der Waals surface area contributed by atoms with Crippen LogP contribution in [0.1, 0.15) is 22.3 Å². The van der Waals surface area contributed by atoms with Gasteiger partial charge in [-0.05, 0) is 18.6 Å². The Bertz CT molecular complexity index is 707. The van der Waals surface area contributed by atoms with E-state index in [4.69, 9.17) is 9.84 Å². The summed E-state index contributed by atoms with van der Waals surface area (Å²) in [4.78, 5) is 36.5. The summed E-state index contributed by atoms with van der Waals surface area (Å²) in [6.07, 6.45) is -1.63. The van der Waals surface area contributed by atoms with Crippen LogP contribution in [0.3, 0.4) is 0 Å². The fourth-order valence-electron chi connectivity index (χ4n) is 3.13. The predicted octanol–water partition coefficient (Wildman–Crippen LogP) is 1.50. The number of benzene rings is 1. The van der Waals surface area contributed by atoms with Gasteiger partial charge in [0.15, 0.2) is 0 Å². The second-order valence-electron chi connectivity index (χ2n) is 6.02. The summed E-state index contributed by atoms with van der Waals surface area (Å²) in [5.41, 5.74) is 2.12. The lowest BCUT2D eigenvalue weighted by Crippen LogP contribution is -2.56. The molecule has 0 radical (unpaired) electrons. The first-order chi connectivity index (χ1) is 12.0. The van der Waals surface area contributed by atoms with E-state index in [9.17, 15) is 19.5 Å². The predicted molar refractivity (Wildman–Crippen MR) is 86.8 cm³/mol. The maximum Gasteiger partial charge on any atom is 0.407 e. The Morgan fingerprint density at radius 2 is 2.04 bits per heavy atom. The molecular weight excluding hydrogens is 330 g/mol. The number of fused-ring (bicyclic) bond motifs is 1. The van der Waals surface area contributed by atoms with Gasteiger partial charge in [0.05, 0.1) is 11.6 Å². The van der Waals surface area contributed by atoms with Gasteiger partial charge in [0, 0.05) is 37.4 Å². The number of rotatable bonds is 4. The average molecular weight is 349 g/mol. The van der Waals surface area contributed by atoms with Crippen molar-refractivity contribution in [2.24, 2.45) is 0 Å². The van der Waals surface area contributed by atoms with Crippen LogP contribution in [-0.2, 0) is 11.3 Å². The summed E-state index contributed by atoms with van der Waals surface area (Å²) in [5.74, 6) is -0.347. The Morgan fingerprint density at radius 1 is 1.24 bits per heavy atom. The molecule has 0 unspecified atom stereocenters. The summed E-state index contributed by atoms with van der Waals surface area (Å²) >= 11 is 0. The molecule has 0 aromatic heterocycles. The first-order valence-corrected chi connectivity index (χ1v) is 7.97. The third-order valence-electron chi connectivity index (χ3n) is 4.49. The highest BCUT2D eigenvalue weighted by Crippen LogP contribution is 2.23. The van der Waals surface area contributed by atoms with Crippen molar-refractivity contribution < 1.29 is 29.3 Å². The summed E-state index contributed by atoms with van der Waals surface area (Å²) in [7, 11) is 0. The van der Waals surface area contributed by atoms with E-state index in [1.807, 2.05) is 12.1 Å². The lowest BCUT2D eigenvalue weighted by atomic mass is 10.1. The van der Waals surface area contributed by atoms with Crippen LogP contribution in [-0.4, -0.2) is 70.4 Å². The van der Waals surface area contributed by atoms with Gasteiger partial charge in [-0.2, -0.15) is 0 Å². The molecule has 1 aromatic carbocycles. The molecule has 2 aliphatic rings. The van der Waals surface area contributed by atoms with Crippen LogP contribution in [0.4, 0.5) is 15.3 Å². The quantitative estimate of drug-likeness (QED) is 0.705. The van der Waals surface area contributed by atoms with Gasteiger partial charge in [-0.1, -0.05) is 6.07 Å². The summed E-state index contributed by atoms with van der Waals surface area (Å²) in [6.45, 7) is 1.24. The van der Waals surface area contributed by atoms with E-state index in [1.165, 1.54) is 9.80 Å². The van der Waals surface area contributed by atoms with Crippen molar-refractivity contribution >= 4 is 23.8 Å². The van der Waals surface area contributed by atoms with Crippen molar-refractivity contribution in [1.82, 2.24) is 9.80 Å². The normalized spacial score (nSPS) is 19.4. The zero-order valence-corrected chi connectivity index (χ0v) is 13.5. The zero-order valence-electron chi connectivity index (χ0n) is 13.5. The molecule has 1 atom stereocenters. The molecule has 2 heterocycles. The third-order valence-corrected chi connectivity index (χ3v) is 4.49.